The zero-order valence-electron chi connectivity index (χ0n) is 20.1. The Kier molecular flexibility index (Phi) is 6.86. The molecule has 0 spiro atoms. The Morgan fingerprint density at radius 1 is 1.14 bits per heavy atom. The smallest absolute Gasteiger partial charge is 0.386 e. The van der Waals surface area contributed by atoms with Gasteiger partial charge in [0.25, 0.3) is 5.91 Å². The largest absolute Gasteiger partial charge is 0.451 e. The van der Waals surface area contributed by atoms with Crippen molar-refractivity contribution >= 4 is 22.5 Å². The maximum atomic E-state index is 12.8. The second-order valence-electron chi connectivity index (χ2n) is 9.84. The van der Waals surface area contributed by atoms with Crippen LogP contribution in [0.4, 0.5) is 18.9 Å². The molecule has 2 N–H and O–H groups in total. The van der Waals surface area contributed by atoms with Gasteiger partial charge in [-0.25, -0.2) is 9.97 Å². The summed E-state index contributed by atoms with van der Waals surface area (Å²) in [5.41, 5.74) is 0.0762. The number of rotatable bonds is 6. The van der Waals surface area contributed by atoms with Crippen LogP contribution in [-0.2, 0) is 11.8 Å². The molecule has 4 rings (SSSR count). The van der Waals surface area contributed by atoms with E-state index in [9.17, 15) is 23.1 Å². The number of halogens is 3. The van der Waals surface area contributed by atoms with E-state index < -0.39 is 23.5 Å². The highest BCUT2D eigenvalue weighted by Crippen LogP contribution is 2.37. The number of hydrogen-bond acceptors (Lipinski definition) is 5. The third kappa shape index (κ3) is 5.63. The van der Waals surface area contributed by atoms with E-state index in [4.69, 9.17) is 5.10 Å². The van der Waals surface area contributed by atoms with Crippen LogP contribution in [0.3, 0.4) is 0 Å². The average Bonchev–Trinajstić information content (AvgIpc) is 3.21. The van der Waals surface area contributed by atoms with Gasteiger partial charge in [0.05, 0.1) is 22.7 Å². The average molecular weight is 490 g/mol. The first-order valence-electron chi connectivity index (χ1n) is 11.9. The van der Waals surface area contributed by atoms with Gasteiger partial charge in [-0.1, -0.05) is 19.8 Å². The zero-order valence-corrected chi connectivity index (χ0v) is 20.1. The predicted molar refractivity (Wildman–Crippen MR) is 126 cm³/mol. The SMILES string of the molecule is CCC[C@H]1CC[C@H](n2cc3cc(NC(=O)c4cnc(C(F)(F)F)nc4)c(C(C)(C)O)cc3n2)CC1. The lowest BCUT2D eigenvalue weighted by atomic mass is 9.83. The Morgan fingerprint density at radius 2 is 1.80 bits per heavy atom. The van der Waals surface area contributed by atoms with E-state index in [-0.39, 0.29) is 5.56 Å². The van der Waals surface area contributed by atoms with Gasteiger partial charge in [-0.3, -0.25) is 9.48 Å². The molecule has 7 nitrogen and oxygen atoms in total. The Balaban J connectivity index is 1.60. The monoisotopic (exact) mass is 489 g/mol. The minimum absolute atomic E-state index is 0.126. The molecule has 10 heteroatoms. The molecular weight excluding hydrogens is 459 g/mol. The molecule has 3 aromatic rings. The Hall–Kier alpha value is -3.01. The molecule has 35 heavy (non-hydrogen) atoms. The lowest BCUT2D eigenvalue weighted by molar-refractivity contribution is -0.145. The van der Waals surface area contributed by atoms with Gasteiger partial charge in [-0.2, -0.15) is 18.3 Å². The van der Waals surface area contributed by atoms with Crippen molar-refractivity contribution in [1.82, 2.24) is 19.7 Å². The fourth-order valence-corrected chi connectivity index (χ4v) is 4.78. The Morgan fingerprint density at radius 3 is 2.37 bits per heavy atom. The third-order valence-corrected chi connectivity index (χ3v) is 6.62. The second kappa shape index (κ2) is 9.56. The second-order valence-corrected chi connectivity index (χ2v) is 9.84. The number of nitrogens with zero attached hydrogens (tertiary/aromatic N) is 4. The molecule has 1 aliphatic carbocycles. The minimum Gasteiger partial charge on any atom is -0.386 e. The quantitative estimate of drug-likeness (QED) is 0.453. The summed E-state index contributed by atoms with van der Waals surface area (Å²) in [4.78, 5) is 19.2. The molecule has 2 aromatic heterocycles. The predicted octanol–water partition coefficient (Wildman–Crippen LogP) is 5.86. The summed E-state index contributed by atoms with van der Waals surface area (Å²) < 4.78 is 40.2. The van der Waals surface area contributed by atoms with Crippen molar-refractivity contribution < 1.29 is 23.1 Å². The van der Waals surface area contributed by atoms with Crippen molar-refractivity contribution in [3.05, 3.63) is 47.7 Å². The lowest BCUT2D eigenvalue weighted by Crippen LogP contribution is -2.21. The molecule has 0 bridgehead atoms. The number of anilines is 1. The molecule has 0 aliphatic heterocycles. The van der Waals surface area contributed by atoms with Gasteiger partial charge in [0.15, 0.2) is 0 Å². The summed E-state index contributed by atoms with van der Waals surface area (Å²) in [6.07, 6.45) is 5.88. The van der Waals surface area contributed by atoms with Gasteiger partial charge in [-0.05, 0) is 57.6 Å². The fourth-order valence-electron chi connectivity index (χ4n) is 4.78. The summed E-state index contributed by atoms with van der Waals surface area (Å²) >= 11 is 0. The summed E-state index contributed by atoms with van der Waals surface area (Å²) in [6, 6.07) is 3.79. The number of hydrogen-bond donors (Lipinski definition) is 2. The van der Waals surface area contributed by atoms with Crippen LogP contribution >= 0.6 is 0 Å². The Bertz CT molecular complexity index is 1190. The van der Waals surface area contributed by atoms with Crippen molar-refractivity contribution in [2.24, 2.45) is 5.92 Å². The maximum Gasteiger partial charge on any atom is 0.451 e. The number of carbonyl (C=O) groups is 1. The van der Waals surface area contributed by atoms with Crippen molar-refractivity contribution in [2.75, 3.05) is 5.32 Å². The van der Waals surface area contributed by atoms with Crippen LogP contribution in [0.25, 0.3) is 10.9 Å². The van der Waals surface area contributed by atoms with Crippen LogP contribution in [-0.4, -0.2) is 30.8 Å². The molecule has 0 radical (unpaired) electrons. The van der Waals surface area contributed by atoms with Crippen LogP contribution in [0.1, 0.15) is 87.1 Å². The zero-order chi connectivity index (χ0) is 25.4. The molecule has 2 heterocycles. The van der Waals surface area contributed by atoms with Crippen molar-refractivity contribution in [3.63, 3.8) is 0 Å². The minimum atomic E-state index is -4.69. The highest BCUT2D eigenvalue weighted by atomic mass is 19.4. The number of aromatic nitrogens is 4. The normalized spacial score (nSPS) is 19.2. The molecule has 0 unspecified atom stereocenters. The van der Waals surface area contributed by atoms with Crippen molar-refractivity contribution in [1.29, 1.82) is 0 Å². The standard InChI is InChI=1S/C25H30F3N5O2/c1-4-5-15-6-8-18(9-7-15)33-14-16-10-21(19(24(2,3)35)11-20(16)32-33)31-22(34)17-12-29-23(30-13-17)25(26,27)28/h10-15,18,35H,4-9H2,1-3H3,(H,31,34)/t15-,18-. The summed E-state index contributed by atoms with van der Waals surface area (Å²) in [6.45, 7) is 5.40. The van der Waals surface area contributed by atoms with Gasteiger partial charge in [0.2, 0.25) is 5.82 Å². The topological polar surface area (TPSA) is 92.9 Å². The van der Waals surface area contributed by atoms with Gasteiger partial charge in [0, 0.05) is 35.2 Å². The molecule has 1 aromatic carbocycles. The van der Waals surface area contributed by atoms with E-state index in [1.807, 2.05) is 10.9 Å². The number of fused-ring (bicyclic) bond motifs is 1. The molecule has 1 saturated carbocycles. The van der Waals surface area contributed by atoms with Gasteiger partial charge < -0.3 is 10.4 Å². The van der Waals surface area contributed by atoms with Crippen LogP contribution in [0.2, 0.25) is 0 Å². The first-order valence-corrected chi connectivity index (χ1v) is 11.9. The molecule has 188 valence electrons. The number of carbonyl (C=O) groups excluding carboxylic acids is 1. The molecule has 0 atom stereocenters. The van der Waals surface area contributed by atoms with Gasteiger partial charge >= 0.3 is 6.18 Å². The molecular formula is C25H30F3N5O2. The van der Waals surface area contributed by atoms with E-state index in [1.54, 1.807) is 26.0 Å². The summed E-state index contributed by atoms with van der Waals surface area (Å²) in [5.74, 6) is -1.21. The van der Waals surface area contributed by atoms with Gasteiger partial charge in [-0.15, -0.1) is 0 Å². The molecule has 1 aliphatic rings. The summed E-state index contributed by atoms with van der Waals surface area (Å²) in [7, 11) is 0. The number of alkyl halides is 3. The molecule has 1 fully saturated rings. The van der Waals surface area contributed by atoms with Crippen LogP contribution < -0.4 is 5.32 Å². The van der Waals surface area contributed by atoms with E-state index in [0.29, 0.717) is 22.8 Å². The molecule has 0 saturated heterocycles. The molecule has 1 amide bonds. The van der Waals surface area contributed by atoms with Crippen LogP contribution in [0.15, 0.2) is 30.7 Å². The Labute approximate surface area is 201 Å². The van der Waals surface area contributed by atoms with E-state index in [1.165, 1.54) is 25.7 Å². The fraction of sp³-hybridized carbons (Fsp3) is 0.520. The number of amides is 1. The highest BCUT2D eigenvalue weighted by Gasteiger charge is 2.34. The number of benzene rings is 1. The first kappa shape index (κ1) is 25.1. The summed E-state index contributed by atoms with van der Waals surface area (Å²) in [5, 5.41) is 19.0. The third-order valence-electron chi connectivity index (χ3n) is 6.62. The van der Waals surface area contributed by atoms with E-state index in [2.05, 4.69) is 22.2 Å². The number of nitrogens with one attached hydrogen (secondary N) is 1. The maximum absolute atomic E-state index is 12.8. The van der Waals surface area contributed by atoms with Crippen LogP contribution in [0.5, 0.6) is 0 Å². The van der Waals surface area contributed by atoms with Crippen molar-refractivity contribution in [2.45, 2.75) is 77.1 Å². The van der Waals surface area contributed by atoms with Gasteiger partial charge in [0.1, 0.15) is 0 Å². The van der Waals surface area contributed by atoms with E-state index >= 15 is 0 Å². The van der Waals surface area contributed by atoms with E-state index in [0.717, 1.165) is 36.5 Å². The lowest BCUT2D eigenvalue weighted by Gasteiger charge is -2.28. The highest BCUT2D eigenvalue weighted by molar-refractivity contribution is 6.05. The van der Waals surface area contributed by atoms with Crippen LogP contribution in [0, 0.1) is 5.92 Å². The first-order chi connectivity index (χ1) is 16.5. The number of aliphatic hydroxyl groups is 1. The van der Waals surface area contributed by atoms with Crippen molar-refractivity contribution in [3.8, 4) is 0 Å².